The van der Waals surface area contributed by atoms with Gasteiger partial charge >= 0.3 is 6.03 Å². The maximum atomic E-state index is 13.0. The fourth-order valence-corrected chi connectivity index (χ4v) is 2.44. The van der Waals surface area contributed by atoms with Gasteiger partial charge < -0.3 is 0 Å². The van der Waals surface area contributed by atoms with Crippen LogP contribution in [0, 0.1) is 0 Å². The highest BCUT2D eigenvalue weighted by Gasteiger charge is 2.21. The zero-order valence-corrected chi connectivity index (χ0v) is 13.4. The third-order valence-corrected chi connectivity index (χ3v) is 3.65. The largest absolute Gasteiger partial charge is 0.328 e. The summed E-state index contributed by atoms with van der Waals surface area (Å²) < 4.78 is 0. The van der Waals surface area contributed by atoms with Gasteiger partial charge in [-0.25, -0.2) is 4.79 Å². The van der Waals surface area contributed by atoms with Gasteiger partial charge in [-0.15, -0.1) is 0 Å². The second-order valence-corrected chi connectivity index (χ2v) is 5.20. The molecule has 0 heterocycles. The molecular formula is C19H24N2O. The highest BCUT2D eigenvalue weighted by atomic mass is 16.2. The predicted molar refractivity (Wildman–Crippen MR) is 93.6 cm³/mol. The Bertz CT molecular complexity index is 569. The lowest BCUT2D eigenvalue weighted by Gasteiger charge is -2.30. The van der Waals surface area contributed by atoms with Gasteiger partial charge in [0.2, 0.25) is 0 Å². The minimum Gasteiger partial charge on any atom is -0.294 e. The van der Waals surface area contributed by atoms with Crippen molar-refractivity contribution in [1.82, 2.24) is 0 Å². The molecular weight excluding hydrogens is 272 g/mol. The summed E-state index contributed by atoms with van der Waals surface area (Å²) in [5.41, 5.74) is 1.89. The number of hydrogen-bond acceptors (Lipinski definition) is 1. The summed E-state index contributed by atoms with van der Waals surface area (Å²) in [6.45, 7) is 5.54. The molecule has 0 unspecified atom stereocenters. The zero-order chi connectivity index (χ0) is 15.8. The average Bonchev–Trinajstić information content (AvgIpc) is 2.58. The molecule has 2 amide bonds. The molecule has 2 rings (SSSR count). The molecule has 0 N–H and O–H groups in total. The molecule has 2 aromatic carbocycles. The third-order valence-electron chi connectivity index (χ3n) is 3.65. The van der Waals surface area contributed by atoms with Crippen LogP contribution in [0.15, 0.2) is 60.7 Å². The smallest absolute Gasteiger partial charge is 0.294 e. The first-order chi connectivity index (χ1) is 10.8. The molecule has 116 valence electrons. The predicted octanol–water partition coefficient (Wildman–Crippen LogP) is 4.94. The summed E-state index contributed by atoms with van der Waals surface area (Å²) in [4.78, 5) is 16.7. The number of anilines is 2. The number of carbonyl (C=O) groups excluding carboxylic acids is 1. The van der Waals surface area contributed by atoms with E-state index in [0.29, 0.717) is 6.54 Å². The first kappa shape index (κ1) is 16.1. The molecule has 0 aliphatic carbocycles. The van der Waals surface area contributed by atoms with Gasteiger partial charge in [0.05, 0.1) is 0 Å². The average molecular weight is 296 g/mol. The van der Waals surface area contributed by atoms with Crippen LogP contribution in [0.5, 0.6) is 0 Å². The standard InChI is InChI=1S/C19H24N2O/c1-3-5-16-21(18-14-10-7-11-15-18)19(22)20(4-2)17-12-8-6-9-13-17/h6-15H,3-5,16H2,1-2H3. The van der Waals surface area contributed by atoms with E-state index >= 15 is 0 Å². The van der Waals surface area contributed by atoms with Crippen molar-refractivity contribution >= 4 is 17.4 Å². The summed E-state index contributed by atoms with van der Waals surface area (Å²) in [6.07, 6.45) is 2.06. The van der Waals surface area contributed by atoms with Crippen molar-refractivity contribution in [3.05, 3.63) is 60.7 Å². The minimum atomic E-state index is 0.0355. The molecule has 0 aliphatic heterocycles. The van der Waals surface area contributed by atoms with Crippen molar-refractivity contribution < 1.29 is 4.79 Å². The molecule has 0 radical (unpaired) electrons. The lowest BCUT2D eigenvalue weighted by atomic mass is 10.2. The molecule has 0 saturated heterocycles. The lowest BCUT2D eigenvalue weighted by molar-refractivity contribution is 0.251. The number of nitrogens with zero attached hydrogens (tertiary/aromatic N) is 2. The normalized spacial score (nSPS) is 10.3. The maximum absolute atomic E-state index is 13.0. The number of benzene rings is 2. The Balaban J connectivity index is 2.27. The first-order valence-corrected chi connectivity index (χ1v) is 7.97. The van der Waals surface area contributed by atoms with Crippen LogP contribution in [0.25, 0.3) is 0 Å². The number of rotatable bonds is 6. The molecule has 0 aromatic heterocycles. The van der Waals surface area contributed by atoms with Crippen molar-refractivity contribution in [3.63, 3.8) is 0 Å². The zero-order valence-electron chi connectivity index (χ0n) is 13.4. The monoisotopic (exact) mass is 296 g/mol. The van der Waals surface area contributed by atoms with Gasteiger partial charge in [0, 0.05) is 24.5 Å². The van der Waals surface area contributed by atoms with E-state index in [1.165, 1.54) is 0 Å². The Labute approximate surface area is 133 Å². The molecule has 2 aromatic rings. The van der Waals surface area contributed by atoms with E-state index in [-0.39, 0.29) is 6.03 Å². The Morgan fingerprint density at radius 2 is 1.32 bits per heavy atom. The summed E-state index contributed by atoms with van der Waals surface area (Å²) in [7, 11) is 0. The topological polar surface area (TPSA) is 23.6 Å². The van der Waals surface area contributed by atoms with Crippen LogP contribution in [0.3, 0.4) is 0 Å². The van der Waals surface area contributed by atoms with E-state index in [9.17, 15) is 4.79 Å². The van der Waals surface area contributed by atoms with Crippen LogP contribution in [0.1, 0.15) is 26.7 Å². The molecule has 0 fully saturated rings. The van der Waals surface area contributed by atoms with E-state index in [4.69, 9.17) is 0 Å². The highest BCUT2D eigenvalue weighted by molar-refractivity contribution is 6.03. The Hall–Kier alpha value is -2.29. The van der Waals surface area contributed by atoms with Crippen LogP contribution in [0.4, 0.5) is 16.2 Å². The van der Waals surface area contributed by atoms with Crippen molar-refractivity contribution in [1.29, 1.82) is 0 Å². The third kappa shape index (κ3) is 3.88. The lowest BCUT2D eigenvalue weighted by Crippen LogP contribution is -2.44. The first-order valence-electron chi connectivity index (χ1n) is 7.97. The number of carbonyl (C=O) groups is 1. The van der Waals surface area contributed by atoms with Crippen LogP contribution >= 0.6 is 0 Å². The minimum absolute atomic E-state index is 0.0355. The van der Waals surface area contributed by atoms with E-state index in [1.807, 2.05) is 77.4 Å². The Kier molecular flexibility index (Phi) is 6.01. The second-order valence-electron chi connectivity index (χ2n) is 5.20. The van der Waals surface area contributed by atoms with Gasteiger partial charge in [-0.2, -0.15) is 0 Å². The van der Waals surface area contributed by atoms with E-state index in [1.54, 1.807) is 0 Å². The highest BCUT2D eigenvalue weighted by Crippen LogP contribution is 2.20. The number of urea groups is 1. The van der Waals surface area contributed by atoms with Crippen LogP contribution in [-0.2, 0) is 0 Å². The maximum Gasteiger partial charge on any atom is 0.328 e. The Morgan fingerprint density at radius 1 is 0.818 bits per heavy atom. The van der Waals surface area contributed by atoms with Crippen molar-refractivity contribution in [2.45, 2.75) is 26.7 Å². The Morgan fingerprint density at radius 3 is 1.77 bits per heavy atom. The van der Waals surface area contributed by atoms with Gasteiger partial charge in [-0.3, -0.25) is 9.80 Å². The fraction of sp³-hybridized carbons (Fsp3) is 0.316. The summed E-state index contributed by atoms with van der Waals surface area (Å²) in [5.74, 6) is 0. The van der Waals surface area contributed by atoms with Gasteiger partial charge in [0.25, 0.3) is 0 Å². The number of unbranched alkanes of at least 4 members (excludes halogenated alkanes) is 1. The van der Waals surface area contributed by atoms with Crippen molar-refractivity contribution in [3.8, 4) is 0 Å². The molecule has 3 heteroatoms. The van der Waals surface area contributed by atoms with Gasteiger partial charge in [0.15, 0.2) is 0 Å². The van der Waals surface area contributed by atoms with Crippen LogP contribution < -0.4 is 9.80 Å². The summed E-state index contributed by atoms with van der Waals surface area (Å²) in [6, 6.07) is 19.8. The van der Waals surface area contributed by atoms with Gasteiger partial charge in [-0.1, -0.05) is 49.7 Å². The molecule has 0 atom stereocenters. The SMILES string of the molecule is CCCCN(C(=O)N(CC)c1ccccc1)c1ccccc1. The molecule has 3 nitrogen and oxygen atoms in total. The number of amides is 2. The van der Waals surface area contributed by atoms with Crippen LogP contribution in [-0.4, -0.2) is 19.1 Å². The summed E-state index contributed by atoms with van der Waals surface area (Å²) >= 11 is 0. The van der Waals surface area contributed by atoms with E-state index < -0.39 is 0 Å². The van der Waals surface area contributed by atoms with Crippen molar-refractivity contribution in [2.75, 3.05) is 22.9 Å². The van der Waals surface area contributed by atoms with E-state index in [2.05, 4.69) is 6.92 Å². The molecule has 0 aliphatic rings. The fourth-order valence-electron chi connectivity index (χ4n) is 2.44. The van der Waals surface area contributed by atoms with E-state index in [0.717, 1.165) is 30.8 Å². The molecule has 22 heavy (non-hydrogen) atoms. The second kappa shape index (κ2) is 8.23. The molecule has 0 spiro atoms. The number of hydrogen-bond donors (Lipinski definition) is 0. The summed E-state index contributed by atoms with van der Waals surface area (Å²) in [5, 5.41) is 0. The van der Waals surface area contributed by atoms with Gasteiger partial charge in [-0.05, 0) is 37.6 Å². The quantitative estimate of drug-likeness (QED) is 0.740. The van der Waals surface area contributed by atoms with Crippen molar-refractivity contribution in [2.24, 2.45) is 0 Å². The molecule has 0 saturated carbocycles. The van der Waals surface area contributed by atoms with Crippen LogP contribution in [0.2, 0.25) is 0 Å². The van der Waals surface area contributed by atoms with Gasteiger partial charge in [0.1, 0.15) is 0 Å². The number of para-hydroxylation sites is 2. The molecule has 0 bridgehead atoms.